The van der Waals surface area contributed by atoms with Gasteiger partial charge in [0.15, 0.2) is 4.77 Å². The summed E-state index contributed by atoms with van der Waals surface area (Å²) in [6.07, 6.45) is -4.78. The van der Waals surface area contributed by atoms with E-state index in [2.05, 4.69) is 20.0 Å². The fourth-order valence-electron chi connectivity index (χ4n) is 2.25. The van der Waals surface area contributed by atoms with Gasteiger partial charge in [0.1, 0.15) is 5.75 Å². The van der Waals surface area contributed by atoms with E-state index in [4.69, 9.17) is 12.2 Å². The number of alkyl halides is 3. The highest BCUT2D eigenvalue weighted by molar-refractivity contribution is 7.71. The predicted octanol–water partition coefficient (Wildman–Crippen LogP) is 3.74. The molecule has 134 valence electrons. The van der Waals surface area contributed by atoms with Crippen molar-refractivity contribution in [2.24, 2.45) is 0 Å². The van der Waals surface area contributed by atoms with Gasteiger partial charge in [-0.15, -0.1) is 13.2 Å². The molecule has 1 amide bonds. The number of hydrogen-bond acceptors (Lipinski definition) is 4. The zero-order valence-electron chi connectivity index (χ0n) is 12.8. The second-order valence-corrected chi connectivity index (χ2v) is 5.60. The minimum absolute atomic E-state index is 0.125. The van der Waals surface area contributed by atoms with Crippen LogP contribution in [0.5, 0.6) is 5.75 Å². The number of carbonyl (C=O) groups excluding carboxylic acids is 1. The smallest absolute Gasteiger partial charge is 0.406 e. The molecule has 0 spiro atoms. The first-order valence-electron chi connectivity index (χ1n) is 7.15. The molecule has 1 heterocycles. The van der Waals surface area contributed by atoms with Crippen LogP contribution in [0, 0.1) is 4.77 Å². The number of rotatable bonds is 3. The third-order valence-electron chi connectivity index (χ3n) is 3.35. The summed E-state index contributed by atoms with van der Waals surface area (Å²) < 4.78 is 40.3. The van der Waals surface area contributed by atoms with E-state index in [9.17, 15) is 22.8 Å². The molecule has 0 unspecified atom stereocenters. The largest absolute Gasteiger partial charge is 0.573 e. The second kappa shape index (κ2) is 6.64. The summed E-state index contributed by atoms with van der Waals surface area (Å²) in [6.45, 7) is 0. The molecule has 10 heteroatoms. The number of halogens is 3. The zero-order valence-corrected chi connectivity index (χ0v) is 13.6. The molecule has 0 bridgehead atoms. The lowest BCUT2D eigenvalue weighted by Gasteiger charge is -2.10. The van der Waals surface area contributed by atoms with Crippen molar-refractivity contribution in [2.45, 2.75) is 6.36 Å². The summed E-state index contributed by atoms with van der Waals surface area (Å²) in [5, 5.41) is 2.88. The summed E-state index contributed by atoms with van der Waals surface area (Å²) in [6, 6.07) is 9.09. The van der Waals surface area contributed by atoms with Gasteiger partial charge >= 0.3 is 6.36 Å². The van der Waals surface area contributed by atoms with Gasteiger partial charge in [-0.1, -0.05) is 0 Å². The van der Waals surface area contributed by atoms with E-state index in [1.54, 1.807) is 0 Å². The Labute approximate surface area is 148 Å². The summed E-state index contributed by atoms with van der Waals surface area (Å²) in [5.74, 6) is -0.899. The van der Waals surface area contributed by atoms with Gasteiger partial charge in [-0.05, 0) is 54.7 Å². The molecule has 0 atom stereocenters. The highest BCUT2D eigenvalue weighted by Crippen LogP contribution is 2.24. The first-order valence-corrected chi connectivity index (χ1v) is 7.56. The van der Waals surface area contributed by atoms with Gasteiger partial charge in [-0.3, -0.25) is 14.6 Å². The van der Waals surface area contributed by atoms with Crippen molar-refractivity contribution in [3.63, 3.8) is 0 Å². The first-order chi connectivity index (χ1) is 12.2. The molecule has 0 radical (unpaired) electrons. The van der Waals surface area contributed by atoms with Crippen molar-refractivity contribution in [3.05, 3.63) is 63.2 Å². The lowest BCUT2D eigenvalue weighted by molar-refractivity contribution is -0.274. The topological polar surface area (TPSA) is 87.0 Å². The number of nitrogens with one attached hydrogen (secondary N) is 3. The number of fused-ring (bicyclic) bond motifs is 1. The molecule has 2 aromatic carbocycles. The quantitative estimate of drug-likeness (QED) is 0.604. The maximum Gasteiger partial charge on any atom is 0.573 e. The number of aromatic nitrogens is 2. The number of hydrogen-bond donors (Lipinski definition) is 3. The van der Waals surface area contributed by atoms with Gasteiger partial charge in [0, 0.05) is 11.3 Å². The van der Waals surface area contributed by atoms with Crippen LogP contribution in [-0.4, -0.2) is 22.2 Å². The van der Waals surface area contributed by atoms with Gasteiger partial charge < -0.3 is 15.0 Å². The van der Waals surface area contributed by atoms with Crippen molar-refractivity contribution < 1.29 is 22.7 Å². The van der Waals surface area contributed by atoms with Crippen LogP contribution < -0.4 is 15.6 Å². The Morgan fingerprint density at radius 2 is 1.77 bits per heavy atom. The minimum atomic E-state index is -4.78. The Morgan fingerprint density at radius 3 is 2.42 bits per heavy atom. The van der Waals surface area contributed by atoms with Crippen LogP contribution in [-0.2, 0) is 0 Å². The Bertz CT molecular complexity index is 1090. The standard InChI is InChI=1S/C16H10F3N3O3S/c17-16(18,19)25-10-4-2-9(3-5-10)20-13(23)8-1-6-11-12(7-8)21-15(26)22-14(11)24/h1-7H,(H,20,23)(H2,21,22,24,26). The monoisotopic (exact) mass is 381 g/mol. The highest BCUT2D eigenvalue weighted by atomic mass is 32.1. The van der Waals surface area contributed by atoms with Crippen LogP contribution in [0.3, 0.4) is 0 Å². The summed E-state index contributed by atoms with van der Waals surface area (Å²) in [4.78, 5) is 29.3. The number of aromatic amines is 2. The third-order valence-corrected chi connectivity index (χ3v) is 3.55. The van der Waals surface area contributed by atoms with E-state index in [0.717, 1.165) is 12.1 Å². The molecule has 26 heavy (non-hydrogen) atoms. The molecule has 0 aliphatic heterocycles. The Hall–Kier alpha value is -3.14. The molecule has 0 aliphatic rings. The summed E-state index contributed by atoms with van der Waals surface area (Å²) in [5.41, 5.74) is 0.532. The van der Waals surface area contributed by atoms with Crippen molar-refractivity contribution in [3.8, 4) is 5.75 Å². The number of H-pyrrole nitrogens is 2. The van der Waals surface area contributed by atoms with E-state index >= 15 is 0 Å². The number of anilines is 1. The molecule has 3 aromatic rings. The lowest BCUT2D eigenvalue weighted by atomic mass is 10.1. The van der Waals surface area contributed by atoms with E-state index in [0.29, 0.717) is 10.9 Å². The van der Waals surface area contributed by atoms with Gasteiger partial charge in [0.25, 0.3) is 11.5 Å². The van der Waals surface area contributed by atoms with E-state index in [1.807, 2.05) is 0 Å². The van der Waals surface area contributed by atoms with Crippen molar-refractivity contribution >= 4 is 34.7 Å². The Kier molecular flexibility index (Phi) is 4.51. The van der Waals surface area contributed by atoms with E-state index < -0.39 is 18.0 Å². The molecule has 6 nitrogen and oxygen atoms in total. The molecule has 0 saturated heterocycles. The summed E-state index contributed by atoms with van der Waals surface area (Å²) in [7, 11) is 0. The number of benzene rings is 2. The van der Waals surface area contributed by atoms with Crippen LogP contribution in [0.1, 0.15) is 10.4 Å². The average molecular weight is 381 g/mol. The molecule has 3 rings (SSSR count). The fraction of sp³-hybridized carbons (Fsp3) is 0.0625. The molecular weight excluding hydrogens is 371 g/mol. The van der Waals surface area contributed by atoms with Crippen LogP contribution in [0.15, 0.2) is 47.3 Å². The number of carbonyl (C=O) groups is 1. The predicted molar refractivity (Wildman–Crippen MR) is 90.8 cm³/mol. The lowest BCUT2D eigenvalue weighted by Crippen LogP contribution is -2.17. The summed E-state index contributed by atoms with van der Waals surface area (Å²) >= 11 is 4.89. The van der Waals surface area contributed by atoms with Gasteiger partial charge in [0.2, 0.25) is 0 Å². The maximum absolute atomic E-state index is 12.3. The minimum Gasteiger partial charge on any atom is -0.406 e. The number of amides is 1. The van der Waals surface area contributed by atoms with Crippen molar-refractivity contribution in [1.29, 1.82) is 0 Å². The Morgan fingerprint density at radius 1 is 1.08 bits per heavy atom. The van der Waals surface area contributed by atoms with Gasteiger partial charge in [-0.25, -0.2) is 0 Å². The SMILES string of the molecule is O=C(Nc1ccc(OC(F)(F)F)cc1)c1ccc2c(=O)[nH]c(=S)[nH]c2c1. The second-order valence-electron chi connectivity index (χ2n) is 5.19. The van der Waals surface area contributed by atoms with Crippen LogP contribution in [0.2, 0.25) is 0 Å². The van der Waals surface area contributed by atoms with Crippen LogP contribution in [0.25, 0.3) is 10.9 Å². The Balaban J connectivity index is 1.80. The van der Waals surface area contributed by atoms with Gasteiger partial charge in [0.05, 0.1) is 10.9 Å². The van der Waals surface area contributed by atoms with Crippen molar-refractivity contribution in [2.75, 3.05) is 5.32 Å². The number of ether oxygens (including phenoxy) is 1. The third kappa shape index (κ3) is 4.09. The fourth-order valence-corrected chi connectivity index (χ4v) is 2.46. The van der Waals surface area contributed by atoms with Crippen LogP contribution >= 0.6 is 12.2 Å². The van der Waals surface area contributed by atoms with Crippen molar-refractivity contribution in [1.82, 2.24) is 9.97 Å². The maximum atomic E-state index is 12.3. The van der Waals surface area contributed by atoms with E-state index in [-0.39, 0.29) is 21.6 Å². The average Bonchev–Trinajstić information content (AvgIpc) is 2.54. The molecule has 0 fully saturated rings. The zero-order chi connectivity index (χ0) is 18.9. The normalized spacial score (nSPS) is 11.3. The molecule has 3 N–H and O–H groups in total. The molecule has 0 saturated carbocycles. The molecule has 0 aliphatic carbocycles. The molecular formula is C16H10F3N3O3S. The van der Waals surface area contributed by atoms with Crippen LogP contribution in [0.4, 0.5) is 18.9 Å². The van der Waals surface area contributed by atoms with E-state index in [1.165, 1.54) is 30.3 Å². The first kappa shape index (κ1) is 17.7. The highest BCUT2D eigenvalue weighted by Gasteiger charge is 2.30. The van der Waals surface area contributed by atoms with Gasteiger partial charge in [-0.2, -0.15) is 0 Å². The molecule has 1 aromatic heterocycles.